The van der Waals surface area contributed by atoms with Crippen molar-refractivity contribution in [1.29, 1.82) is 0 Å². The molecule has 1 aliphatic rings. The fourth-order valence-corrected chi connectivity index (χ4v) is 3.25. The van der Waals surface area contributed by atoms with E-state index in [9.17, 15) is 9.59 Å². The molecule has 0 aliphatic carbocycles. The molecule has 3 rings (SSSR count). The van der Waals surface area contributed by atoms with E-state index in [4.69, 9.17) is 0 Å². The van der Waals surface area contributed by atoms with Crippen LogP contribution in [0.15, 0.2) is 21.4 Å². The van der Waals surface area contributed by atoms with E-state index in [-0.39, 0.29) is 17.0 Å². The number of hydrogen-bond donors (Lipinski definition) is 4. The Morgan fingerprint density at radius 1 is 1.38 bits per heavy atom. The maximum atomic E-state index is 12.6. The zero-order chi connectivity index (χ0) is 15.0. The van der Waals surface area contributed by atoms with Gasteiger partial charge in [-0.3, -0.25) is 4.79 Å². The highest BCUT2D eigenvalue weighted by Gasteiger charge is 2.39. The second kappa shape index (κ2) is 5.31. The fourth-order valence-electron chi connectivity index (χ4n) is 2.81. The number of fused-ring (bicyclic) bond motifs is 1. The summed E-state index contributed by atoms with van der Waals surface area (Å²) in [6, 6.07) is 3.55. The van der Waals surface area contributed by atoms with E-state index in [1.165, 1.54) is 0 Å². The van der Waals surface area contributed by atoms with Gasteiger partial charge in [0.15, 0.2) is 0 Å². The summed E-state index contributed by atoms with van der Waals surface area (Å²) in [5.41, 5.74) is 1.44. The van der Waals surface area contributed by atoms with E-state index in [2.05, 4.69) is 36.5 Å². The minimum atomic E-state index is -0.347. The minimum absolute atomic E-state index is 0.0212. The Balaban J connectivity index is 1.92. The SMILES string of the molecule is CCC1(C(=O)Nc2cc3[nH]c(=O)[nH]c3cc2Br)CCNC1. The molecular weight excluding hydrogens is 336 g/mol. The van der Waals surface area contributed by atoms with Crippen LogP contribution in [-0.2, 0) is 4.79 Å². The number of nitrogens with one attached hydrogen (secondary N) is 4. The van der Waals surface area contributed by atoms with E-state index < -0.39 is 0 Å². The van der Waals surface area contributed by atoms with Gasteiger partial charge < -0.3 is 20.6 Å². The first kappa shape index (κ1) is 14.3. The number of aromatic nitrogens is 2. The molecule has 112 valence electrons. The molecule has 1 amide bonds. The second-order valence-electron chi connectivity index (χ2n) is 5.47. The second-order valence-corrected chi connectivity index (χ2v) is 6.33. The number of aromatic amines is 2. The minimum Gasteiger partial charge on any atom is -0.324 e. The summed E-state index contributed by atoms with van der Waals surface area (Å²) in [6.45, 7) is 3.61. The molecule has 0 spiro atoms. The molecule has 1 saturated heterocycles. The van der Waals surface area contributed by atoms with E-state index >= 15 is 0 Å². The number of amides is 1. The first-order valence-electron chi connectivity index (χ1n) is 6.98. The van der Waals surface area contributed by atoms with Crippen molar-refractivity contribution in [3.05, 3.63) is 27.1 Å². The zero-order valence-electron chi connectivity index (χ0n) is 11.7. The van der Waals surface area contributed by atoms with Crippen molar-refractivity contribution in [3.63, 3.8) is 0 Å². The maximum absolute atomic E-state index is 12.6. The molecule has 6 nitrogen and oxygen atoms in total. The molecule has 1 aromatic carbocycles. The zero-order valence-corrected chi connectivity index (χ0v) is 13.3. The molecule has 2 heterocycles. The molecule has 1 atom stereocenters. The molecule has 2 aromatic rings. The largest absolute Gasteiger partial charge is 0.324 e. The number of H-pyrrole nitrogens is 2. The van der Waals surface area contributed by atoms with E-state index in [1.807, 2.05) is 6.92 Å². The van der Waals surface area contributed by atoms with Crippen molar-refractivity contribution in [1.82, 2.24) is 15.3 Å². The fraction of sp³-hybridized carbons (Fsp3) is 0.429. The molecule has 0 radical (unpaired) electrons. The molecule has 21 heavy (non-hydrogen) atoms. The van der Waals surface area contributed by atoms with Crippen molar-refractivity contribution in [2.45, 2.75) is 19.8 Å². The third kappa shape index (κ3) is 2.51. The predicted octanol–water partition coefficient (Wildman–Crippen LogP) is 1.95. The van der Waals surface area contributed by atoms with Gasteiger partial charge in [0.2, 0.25) is 5.91 Å². The number of rotatable bonds is 3. The van der Waals surface area contributed by atoms with Gasteiger partial charge in [-0.1, -0.05) is 6.92 Å². The Morgan fingerprint density at radius 2 is 2.10 bits per heavy atom. The summed E-state index contributed by atoms with van der Waals surface area (Å²) in [5.74, 6) is 0.0212. The van der Waals surface area contributed by atoms with Crippen LogP contribution < -0.4 is 16.3 Å². The molecule has 4 N–H and O–H groups in total. The third-order valence-electron chi connectivity index (χ3n) is 4.25. The van der Waals surface area contributed by atoms with Gasteiger partial charge in [-0.25, -0.2) is 4.79 Å². The van der Waals surface area contributed by atoms with Crippen molar-refractivity contribution < 1.29 is 4.79 Å². The van der Waals surface area contributed by atoms with Crippen LogP contribution in [0.25, 0.3) is 11.0 Å². The van der Waals surface area contributed by atoms with Crippen LogP contribution >= 0.6 is 15.9 Å². The number of anilines is 1. The highest BCUT2D eigenvalue weighted by molar-refractivity contribution is 9.10. The van der Waals surface area contributed by atoms with Crippen molar-refractivity contribution in [2.24, 2.45) is 5.41 Å². The smallest absolute Gasteiger partial charge is 0.323 e. The highest BCUT2D eigenvalue weighted by atomic mass is 79.9. The monoisotopic (exact) mass is 352 g/mol. The van der Waals surface area contributed by atoms with Crippen molar-refractivity contribution >= 4 is 38.6 Å². The lowest BCUT2D eigenvalue weighted by molar-refractivity contribution is -0.124. The van der Waals surface area contributed by atoms with E-state index in [0.29, 0.717) is 23.3 Å². The standard InChI is InChI=1S/C14H17BrN4O2/c1-2-14(3-4-16-7-14)12(20)17-9-6-11-10(5-8(9)15)18-13(21)19-11/h5-6,16H,2-4,7H2,1H3,(H,17,20)(H2,18,19,21). The lowest BCUT2D eigenvalue weighted by Gasteiger charge is -2.25. The first-order chi connectivity index (χ1) is 10.0. The number of hydrogen-bond acceptors (Lipinski definition) is 3. The van der Waals surface area contributed by atoms with Gasteiger partial charge in [0.25, 0.3) is 0 Å². The Hall–Kier alpha value is -1.60. The third-order valence-corrected chi connectivity index (χ3v) is 4.91. The molecule has 1 fully saturated rings. The lowest BCUT2D eigenvalue weighted by Crippen LogP contribution is -2.37. The highest BCUT2D eigenvalue weighted by Crippen LogP contribution is 2.33. The summed E-state index contributed by atoms with van der Waals surface area (Å²) in [5, 5.41) is 6.24. The summed E-state index contributed by atoms with van der Waals surface area (Å²) >= 11 is 3.44. The van der Waals surface area contributed by atoms with Gasteiger partial charge in [0.05, 0.1) is 22.1 Å². The molecule has 0 saturated carbocycles. The molecular formula is C14H17BrN4O2. The van der Waals surface area contributed by atoms with Gasteiger partial charge in [-0.05, 0) is 47.4 Å². The van der Waals surface area contributed by atoms with Crippen LogP contribution in [0.3, 0.4) is 0 Å². The Morgan fingerprint density at radius 3 is 2.71 bits per heavy atom. The van der Waals surface area contributed by atoms with Crippen LogP contribution in [0.1, 0.15) is 19.8 Å². The summed E-state index contributed by atoms with van der Waals surface area (Å²) in [7, 11) is 0. The molecule has 7 heteroatoms. The van der Waals surface area contributed by atoms with E-state index in [1.54, 1.807) is 12.1 Å². The van der Waals surface area contributed by atoms with Crippen LogP contribution in [0.5, 0.6) is 0 Å². The first-order valence-corrected chi connectivity index (χ1v) is 7.77. The van der Waals surface area contributed by atoms with Gasteiger partial charge in [0, 0.05) is 11.0 Å². The normalized spacial score (nSPS) is 21.8. The van der Waals surface area contributed by atoms with Crippen LogP contribution in [0.4, 0.5) is 5.69 Å². The average molecular weight is 353 g/mol. The maximum Gasteiger partial charge on any atom is 0.323 e. The average Bonchev–Trinajstić information content (AvgIpc) is 3.05. The van der Waals surface area contributed by atoms with Gasteiger partial charge in [-0.15, -0.1) is 0 Å². The van der Waals surface area contributed by atoms with Gasteiger partial charge >= 0.3 is 5.69 Å². The number of benzene rings is 1. The van der Waals surface area contributed by atoms with Crippen LogP contribution in [0.2, 0.25) is 0 Å². The quantitative estimate of drug-likeness (QED) is 0.680. The Labute approximate surface area is 129 Å². The van der Waals surface area contributed by atoms with Gasteiger partial charge in [0.1, 0.15) is 0 Å². The number of imidazole rings is 1. The Bertz CT molecular complexity index is 743. The predicted molar refractivity (Wildman–Crippen MR) is 85.5 cm³/mol. The number of carbonyl (C=O) groups excluding carboxylic acids is 1. The van der Waals surface area contributed by atoms with Gasteiger partial charge in [-0.2, -0.15) is 0 Å². The van der Waals surface area contributed by atoms with Crippen molar-refractivity contribution in [2.75, 3.05) is 18.4 Å². The van der Waals surface area contributed by atoms with Crippen molar-refractivity contribution in [3.8, 4) is 0 Å². The van der Waals surface area contributed by atoms with Crippen LogP contribution in [0, 0.1) is 5.41 Å². The summed E-state index contributed by atoms with van der Waals surface area (Å²) in [4.78, 5) is 29.3. The summed E-state index contributed by atoms with van der Waals surface area (Å²) < 4.78 is 0.746. The topological polar surface area (TPSA) is 89.8 Å². The lowest BCUT2D eigenvalue weighted by atomic mass is 9.83. The number of carbonyl (C=O) groups is 1. The molecule has 0 bridgehead atoms. The molecule has 1 unspecified atom stereocenters. The van der Waals surface area contributed by atoms with Crippen LogP contribution in [-0.4, -0.2) is 29.0 Å². The van der Waals surface area contributed by atoms with E-state index in [0.717, 1.165) is 23.9 Å². The summed E-state index contributed by atoms with van der Waals surface area (Å²) in [6.07, 6.45) is 1.64. The molecule has 1 aliphatic heterocycles. The Kier molecular flexibility index (Phi) is 3.62. The number of halogens is 1. The molecule has 1 aromatic heterocycles.